The van der Waals surface area contributed by atoms with Crippen molar-refractivity contribution in [2.45, 2.75) is 6.54 Å². The summed E-state index contributed by atoms with van der Waals surface area (Å²) in [6, 6.07) is 0. The fourth-order valence-electron chi connectivity index (χ4n) is 1.11. The largest absolute Gasteiger partial charge is 0.391 e. The Balaban J connectivity index is 2.12. The zero-order valence-electron chi connectivity index (χ0n) is 7.82. The summed E-state index contributed by atoms with van der Waals surface area (Å²) in [7, 11) is 0. The van der Waals surface area contributed by atoms with E-state index in [9.17, 15) is 4.79 Å². The molecule has 78 valence electrons. The van der Waals surface area contributed by atoms with Crippen LogP contribution < -0.4 is 16.6 Å². The van der Waals surface area contributed by atoms with Crippen molar-refractivity contribution in [2.75, 3.05) is 11.1 Å². The highest BCUT2D eigenvalue weighted by Gasteiger charge is 2.03. The molecular formula is C8H10N6O. The van der Waals surface area contributed by atoms with Crippen LogP contribution in [0.4, 0.5) is 11.5 Å². The Hall–Kier alpha value is -2.31. The first-order chi connectivity index (χ1) is 7.27. The van der Waals surface area contributed by atoms with Crippen molar-refractivity contribution in [2.24, 2.45) is 0 Å². The Bertz CT molecular complexity index is 488. The summed E-state index contributed by atoms with van der Waals surface area (Å²) < 4.78 is 0. The van der Waals surface area contributed by atoms with Gasteiger partial charge in [-0.25, -0.2) is 9.97 Å². The molecule has 2 aromatic heterocycles. The van der Waals surface area contributed by atoms with Crippen LogP contribution in [0.15, 0.2) is 23.5 Å². The minimum Gasteiger partial charge on any atom is -0.391 e. The molecule has 5 N–H and O–H groups in total. The molecule has 0 amide bonds. The quantitative estimate of drug-likeness (QED) is 0.550. The predicted molar refractivity (Wildman–Crippen MR) is 55.2 cm³/mol. The highest BCUT2D eigenvalue weighted by Crippen LogP contribution is 2.07. The van der Waals surface area contributed by atoms with Crippen molar-refractivity contribution in [3.05, 3.63) is 34.9 Å². The van der Waals surface area contributed by atoms with Crippen LogP contribution in [-0.2, 0) is 6.54 Å². The fourth-order valence-corrected chi connectivity index (χ4v) is 1.11. The maximum Gasteiger partial charge on any atom is 0.276 e. The number of nitrogens with two attached hydrogens (primary N) is 1. The lowest BCUT2D eigenvalue weighted by Gasteiger charge is -2.04. The first-order valence-electron chi connectivity index (χ1n) is 4.32. The molecule has 0 aliphatic rings. The Morgan fingerprint density at radius 1 is 1.40 bits per heavy atom. The SMILES string of the molecule is Nc1c(NCc2ncc[nH]2)nc[nH]c1=O. The highest BCUT2D eigenvalue weighted by atomic mass is 16.1. The Morgan fingerprint density at radius 3 is 3.00 bits per heavy atom. The summed E-state index contributed by atoms with van der Waals surface area (Å²) in [5, 5.41) is 2.91. The van der Waals surface area contributed by atoms with E-state index in [-0.39, 0.29) is 11.2 Å². The summed E-state index contributed by atoms with van der Waals surface area (Å²) >= 11 is 0. The van der Waals surface area contributed by atoms with E-state index in [0.29, 0.717) is 12.4 Å². The molecule has 0 fully saturated rings. The lowest BCUT2D eigenvalue weighted by Crippen LogP contribution is -2.16. The lowest BCUT2D eigenvalue weighted by atomic mass is 10.4. The van der Waals surface area contributed by atoms with Gasteiger partial charge in [0.25, 0.3) is 5.56 Å². The minimum atomic E-state index is -0.355. The molecule has 0 unspecified atom stereocenters. The van der Waals surface area contributed by atoms with Crippen LogP contribution in [0, 0.1) is 0 Å². The van der Waals surface area contributed by atoms with Crippen molar-refractivity contribution >= 4 is 11.5 Å². The van der Waals surface area contributed by atoms with Gasteiger partial charge in [0.2, 0.25) is 0 Å². The van der Waals surface area contributed by atoms with E-state index < -0.39 is 0 Å². The first-order valence-corrected chi connectivity index (χ1v) is 4.32. The molecule has 2 rings (SSSR count). The molecule has 0 saturated heterocycles. The van der Waals surface area contributed by atoms with Gasteiger partial charge >= 0.3 is 0 Å². The van der Waals surface area contributed by atoms with Crippen molar-refractivity contribution in [1.29, 1.82) is 0 Å². The van der Waals surface area contributed by atoms with E-state index >= 15 is 0 Å². The molecule has 2 heterocycles. The Labute approximate surface area is 84.8 Å². The molecule has 0 spiro atoms. The smallest absolute Gasteiger partial charge is 0.276 e. The highest BCUT2D eigenvalue weighted by molar-refractivity contribution is 5.58. The van der Waals surface area contributed by atoms with E-state index in [4.69, 9.17) is 5.73 Å². The molecule has 2 aromatic rings. The molecule has 0 aromatic carbocycles. The molecule has 0 bridgehead atoms. The topological polar surface area (TPSA) is 112 Å². The van der Waals surface area contributed by atoms with Crippen molar-refractivity contribution < 1.29 is 0 Å². The van der Waals surface area contributed by atoms with Crippen LogP contribution in [0.3, 0.4) is 0 Å². The Morgan fingerprint density at radius 2 is 2.27 bits per heavy atom. The average molecular weight is 206 g/mol. The number of aromatic nitrogens is 4. The standard InChI is InChI=1S/C8H10N6O/c9-6-7(13-4-14-8(6)15)12-3-5-10-1-2-11-5/h1-2,4H,3,9H2,(H,10,11)(H2,12,13,14,15). The summed E-state index contributed by atoms with van der Waals surface area (Å²) in [6.45, 7) is 0.438. The fraction of sp³-hybridized carbons (Fsp3) is 0.125. The summed E-state index contributed by atoms with van der Waals surface area (Å²) in [4.78, 5) is 24.3. The number of hydrogen-bond donors (Lipinski definition) is 4. The van der Waals surface area contributed by atoms with Gasteiger partial charge in [0.1, 0.15) is 11.5 Å². The maximum absolute atomic E-state index is 11.1. The molecule has 7 nitrogen and oxygen atoms in total. The number of rotatable bonds is 3. The van der Waals surface area contributed by atoms with Gasteiger partial charge in [-0.2, -0.15) is 0 Å². The maximum atomic E-state index is 11.1. The van der Waals surface area contributed by atoms with Gasteiger partial charge in [0.15, 0.2) is 5.82 Å². The number of imidazole rings is 1. The molecule has 7 heteroatoms. The van der Waals surface area contributed by atoms with E-state index in [1.807, 2.05) is 0 Å². The first kappa shape index (κ1) is 9.25. The van der Waals surface area contributed by atoms with Gasteiger partial charge in [0, 0.05) is 12.4 Å². The second kappa shape index (κ2) is 3.82. The minimum absolute atomic E-state index is 0.0732. The molecule has 15 heavy (non-hydrogen) atoms. The third-order valence-corrected chi connectivity index (χ3v) is 1.87. The van der Waals surface area contributed by atoms with E-state index in [0.717, 1.165) is 5.82 Å². The van der Waals surface area contributed by atoms with Crippen molar-refractivity contribution in [1.82, 2.24) is 19.9 Å². The molecule has 0 atom stereocenters. The summed E-state index contributed by atoms with van der Waals surface area (Å²) in [6.07, 6.45) is 4.65. The second-order valence-electron chi connectivity index (χ2n) is 2.88. The monoisotopic (exact) mass is 206 g/mol. The number of aromatic amines is 2. The van der Waals surface area contributed by atoms with Crippen LogP contribution in [0.5, 0.6) is 0 Å². The third-order valence-electron chi connectivity index (χ3n) is 1.87. The molecule has 0 aliphatic heterocycles. The van der Waals surface area contributed by atoms with Gasteiger partial charge in [-0.15, -0.1) is 0 Å². The third kappa shape index (κ3) is 1.96. The molecule has 0 aliphatic carbocycles. The number of H-pyrrole nitrogens is 2. The van der Waals surface area contributed by atoms with E-state index in [2.05, 4.69) is 25.3 Å². The predicted octanol–water partition coefficient (Wildman–Crippen LogP) is -0.313. The van der Waals surface area contributed by atoms with Gasteiger partial charge in [-0.05, 0) is 0 Å². The zero-order chi connectivity index (χ0) is 10.7. The number of nitrogens with one attached hydrogen (secondary N) is 3. The van der Waals surface area contributed by atoms with Gasteiger partial charge < -0.3 is 21.0 Å². The van der Waals surface area contributed by atoms with Crippen molar-refractivity contribution in [3.63, 3.8) is 0 Å². The van der Waals surface area contributed by atoms with Crippen molar-refractivity contribution in [3.8, 4) is 0 Å². The number of nitrogen functional groups attached to an aromatic ring is 1. The normalized spacial score (nSPS) is 10.1. The average Bonchev–Trinajstić information content (AvgIpc) is 2.73. The van der Waals surface area contributed by atoms with Crippen LogP contribution >= 0.6 is 0 Å². The molecule has 0 saturated carbocycles. The van der Waals surface area contributed by atoms with E-state index in [1.165, 1.54) is 6.33 Å². The van der Waals surface area contributed by atoms with Gasteiger partial charge in [0.05, 0.1) is 12.9 Å². The molecular weight excluding hydrogens is 196 g/mol. The van der Waals surface area contributed by atoms with Crippen LogP contribution in [0.1, 0.15) is 5.82 Å². The summed E-state index contributed by atoms with van der Waals surface area (Å²) in [5.74, 6) is 1.10. The van der Waals surface area contributed by atoms with Gasteiger partial charge in [-0.1, -0.05) is 0 Å². The number of nitrogens with zero attached hydrogens (tertiary/aromatic N) is 2. The lowest BCUT2D eigenvalue weighted by molar-refractivity contribution is 0.980. The number of anilines is 2. The second-order valence-corrected chi connectivity index (χ2v) is 2.88. The van der Waals surface area contributed by atoms with Crippen LogP contribution in [0.25, 0.3) is 0 Å². The zero-order valence-corrected chi connectivity index (χ0v) is 7.82. The number of hydrogen-bond acceptors (Lipinski definition) is 5. The summed E-state index contributed by atoms with van der Waals surface area (Å²) in [5.41, 5.74) is 5.24. The van der Waals surface area contributed by atoms with Crippen LogP contribution in [-0.4, -0.2) is 19.9 Å². The van der Waals surface area contributed by atoms with E-state index in [1.54, 1.807) is 12.4 Å². The molecule has 0 radical (unpaired) electrons. The van der Waals surface area contributed by atoms with Crippen LogP contribution in [0.2, 0.25) is 0 Å². The van der Waals surface area contributed by atoms with Gasteiger partial charge in [-0.3, -0.25) is 4.79 Å². The Kier molecular flexibility index (Phi) is 2.36.